The van der Waals surface area contributed by atoms with E-state index in [-0.39, 0.29) is 6.10 Å². The summed E-state index contributed by atoms with van der Waals surface area (Å²) < 4.78 is 11.9. The molecule has 0 saturated heterocycles. The maximum atomic E-state index is 5.80. The highest BCUT2D eigenvalue weighted by Crippen LogP contribution is 2.36. The van der Waals surface area contributed by atoms with Crippen LogP contribution in [0.15, 0.2) is 10.8 Å². The van der Waals surface area contributed by atoms with E-state index in [0.29, 0.717) is 10.5 Å². The van der Waals surface area contributed by atoms with E-state index in [9.17, 15) is 0 Å². The minimum Gasteiger partial charge on any atom is -0.485 e. The molecule has 0 spiro atoms. The molecule has 2 unspecified atom stereocenters. The Hall–Kier alpha value is 0.0300. The van der Waals surface area contributed by atoms with E-state index in [1.807, 2.05) is 10.8 Å². The summed E-state index contributed by atoms with van der Waals surface area (Å²) in [6.45, 7) is 2.86. The average Bonchev–Trinajstić information content (AvgIpc) is 2.63. The van der Waals surface area contributed by atoms with Gasteiger partial charge in [-0.05, 0) is 6.42 Å². The Kier molecular flexibility index (Phi) is 2.98. The molecule has 0 saturated carbocycles. The van der Waals surface area contributed by atoms with Gasteiger partial charge in [0.25, 0.3) is 0 Å². The number of rotatable bonds is 2. The Morgan fingerprint density at radius 3 is 3.15 bits per heavy atom. The van der Waals surface area contributed by atoms with Gasteiger partial charge in [0.15, 0.2) is 11.5 Å². The van der Waals surface area contributed by atoms with Crippen LogP contribution in [0.3, 0.4) is 0 Å². The molecule has 4 heteroatoms. The maximum Gasteiger partial charge on any atom is 0.172 e. The van der Waals surface area contributed by atoms with Crippen LogP contribution in [0.1, 0.15) is 13.3 Å². The van der Waals surface area contributed by atoms with Crippen molar-refractivity contribution in [2.75, 3.05) is 6.61 Å². The molecule has 2 heterocycles. The van der Waals surface area contributed by atoms with Crippen LogP contribution < -0.4 is 9.47 Å². The van der Waals surface area contributed by atoms with Gasteiger partial charge in [-0.3, -0.25) is 0 Å². The average molecular weight is 310 g/mol. The topological polar surface area (TPSA) is 18.5 Å². The number of hydrogen-bond acceptors (Lipinski definition) is 3. The van der Waals surface area contributed by atoms with Crippen molar-refractivity contribution in [3.8, 4) is 11.5 Å². The van der Waals surface area contributed by atoms with Gasteiger partial charge in [-0.1, -0.05) is 29.5 Å². The third kappa shape index (κ3) is 1.93. The second-order valence-electron chi connectivity index (χ2n) is 2.99. The molecule has 0 fully saturated rings. The Balaban J connectivity index is 2.08. The van der Waals surface area contributed by atoms with Crippen LogP contribution in [0, 0.1) is 0 Å². The maximum absolute atomic E-state index is 5.80. The molecule has 1 aliphatic rings. The molecule has 0 N–H and O–H groups in total. The third-order valence-electron chi connectivity index (χ3n) is 2.07. The number of ether oxygens (including phenoxy) is 2. The van der Waals surface area contributed by atoms with Crippen molar-refractivity contribution < 1.29 is 9.47 Å². The first-order valence-corrected chi connectivity index (χ1v) is 6.49. The van der Waals surface area contributed by atoms with E-state index < -0.39 is 0 Å². The molecule has 2 rings (SSSR count). The van der Waals surface area contributed by atoms with Gasteiger partial charge < -0.3 is 9.47 Å². The molecule has 0 aliphatic carbocycles. The number of alkyl halides is 1. The first-order chi connectivity index (χ1) is 6.31. The van der Waals surface area contributed by atoms with Gasteiger partial charge in [-0.2, -0.15) is 0 Å². The summed E-state index contributed by atoms with van der Waals surface area (Å²) in [5.74, 6) is 1.82. The van der Waals surface area contributed by atoms with Crippen molar-refractivity contribution >= 4 is 33.9 Å². The largest absolute Gasteiger partial charge is 0.485 e. The molecule has 2 atom stereocenters. The highest BCUT2D eigenvalue weighted by molar-refractivity contribution is 14.1. The van der Waals surface area contributed by atoms with Crippen molar-refractivity contribution in [2.24, 2.45) is 0 Å². The molecule has 13 heavy (non-hydrogen) atoms. The van der Waals surface area contributed by atoms with Gasteiger partial charge in [0.2, 0.25) is 0 Å². The third-order valence-corrected chi connectivity index (χ3v) is 4.45. The summed E-state index contributed by atoms with van der Waals surface area (Å²) in [6.07, 6.45) is 1.33. The number of fused-ring (bicyclic) bond motifs is 1. The minimum atomic E-state index is 0.215. The minimum absolute atomic E-state index is 0.215. The van der Waals surface area contributed by atoms with Crippen LogP contribution in [0.5, 0.6) is 11.5 Å². The number of hydrogen-bond donors (Lipinski definition) is 0. The van der Waals surface area contributed by atoms with Crippen LogP contribution in [0.2, 0.25) is 0 Å². The van der Waals surface area contributed by atoms with E-state index in [2.05, 4.69) is 29.5 Å². The van der Waals surface area contributed by atoms with Crippen LogP contribution in [0.25, 0.3) is 0 Å². The Morgan fingerprint density at radius 2 is 2.38 bits per heavy atom. The van der Waals surface area contributed by atoms with Crippen molar-refractivity contribution in [3.63, 3.8) is 0 Å². The Bertz CT molecular complexity index is 287. The number of thiophene rings is 1. The smallest absolute Gasteiger partial charge is 0.172 e. The molecular weight excluding hydrogens is 299 g/mol. The molecular formula is C9H11IO2S. The standard InChI is InChI=1S/C9H11IO2S/c1-2-6(10)7-3-11-8-4-13-5-9(8)12-7/h4-7H,2-3H2,1H3. The summed E-state index contributed by atoms with van der Waals surface area (Å²) in [6, 6.07) is 0. The van der Waals surface area contributed by atoms with Crippen molar-refractivity contribution in [3.05, 3.63) is 10.8 Å². The fraction of sp³-hybridized carbons (Fsp3) is 0.556. The predicted octanol–water partition coefficient (Wildman–Crippen LogP) is 3.10. The van der Waals surface area contributed by atoms with Crippen LogP contribution in [-0.4, -0.2) is 16.6 Å². The van der Waals surface area contributed by atoms with Crippen LogP contribution >= 0.6 is 33.9 Å². The lowest BCUT2D eigenvalue weighted by molar-refractivity contribution is 0.0930. The zero-order valence-corrected chi connectivity index (χ0v) is 10.3. The summed E-state index contributed by atoms with van der Waals surface area (Å²) in [5, 5.41) is 3.99. The first-order valence-electron chi connectivity index (χ1n) is 4.31. The summed E-state index contributed by atoms with van der Waals surface area (Å²) >= 11 is 4.04. The zero-order valence-electron chi connectivity index (χ0n) is 7.33. The zero-order chi connectivity index (χ0) is 9.26. The summed E-state index contributed by atoms with van der Waals surface area (Å²) in [7, 11) is 0. The van der Waals surface area contributed by atoms with Crippen molar-refractivity contribution in [2.45, 2.75) is 23.4 Å². The van der Waals surface area contributed by atoms with Gasteiger partial charge in [0.1, 0.15) is 12.7 Å². The summed E-state index contributed by atoms with van der Waals surface area (Å²) in [5.41, 5.74) is 0. The van der Waals surface area contributed by atoms with Gasteiger partial charge in [0, 0.05) is 10.8 Å². The van der Waals surface area contributed by atoms with E-state index in [4.69, 9.17) is 9.47 Å². The molecule has 1 aromatic rings. The van der Waals surface area contributed by atoms with Crippen molar-refractivity contribution in [1.82, 2.24) is 0 Å². The monoisotopic (exact) mass is 310 g/mol. The quantitative estimate of drug-likeness (QED) is 0.617. The fourth-order valence-electron chi connectivity index (χ4n) is 1.27. The number of halogens is 1. The molecule has 0 aromatic carbocycles. The lowest BCUT2D eigenvalue weighted by Gasteiger charge is -2.27. The summed E-state index contributed by atoms with van der Waals surface area (Å²) in [4.78, 5) is 0. The first kappa shape index (κ1) is 9.58. The molecule has 1 aliphatic heterocycles. The van der Waals surface area contributed by atoms with E-state index >= 15 is 0 Å². The Morgan fingerprint density at radius 1 is 1.62 bits per heavy atom. The van der Waals surface area contributed by atoms with Crippen LogP contribution in [0.4, 0.5) is 0 Å². The van der Waals surface area contributed by atoms with Crippen LogP contribution in [-0.2, 0) is 0 Å². The van der Waals surface area contributed by atoms with Gasteiger partial charge >= 0.3 is 0 Å². The molecule has 0 bridgehead atoms. The fourth-order valence-corrected chi connectivity index (χ4v) is 2.30. The van der Waals surface area contributed by atoms with Gasteiger partial charge in [-0.25, -0.2) is 0 Å². The SMILES string of the molecule is CCC(I)C1COc2cscc2O1. The normalized spacial score (nSPS) is 22.8. The molecule has 2 nitrogen and oxygen atoms in total. The Labute approximate surface area is 95.4 Å². The highest BCUT2D eigenvalue weighted by atomic mass is 127. The van der Waals surface area contributed by atoms with Gasteiger partial charge in [0.05, 0.1) is 3.92 Å². The predicted molar refractivity (Wildman–Crippen MR) is 62.3 cm³/mol. The van der Waals surface area contributed by atoms with Gasteiger partial charge in [-0.15, -0.1) is 11.3 Å². The lowest BCUT2D eigenvalue weighted by atomic mass is 10.2. The molecule has 1 aromatic heterocycles. The highest BCUT2D eigenvalue weighted by Gasteiger charge is 2.26. The van der Waals surface area contributed by atoms with E-state index in [1.165, 1.54) is 0 Å². The lowest BCUT2D eigenvalue weighted by Crippen LogP contribution is -2.35. The van der Waals surface area contributed by atoms with Crippen molar-refractivity contribution in [1.29, 1.82) is 0 Å². The van der Waals surface area contributed by atoms with E-state index in [1.54, 1.807) is 11.3 Å². The second kappa shape index (κ2) is 4.04. The molecule has 72 valence electrons. The second-order valence-corrected chi connectivity index (χ2v) is 5.34. The molecule has 0 amide bonds. The molecule has 0 radical (unpaired) electrons. The van der Waals surface area contributed by atoms with E-state index in [0.717, 1.165) is 17.9 Å².